The van der Waals surface area contributed by atoms with Crippen LogP contribution in [0.4, 0.5) is 5.69 Å². The molecule has 1 aromatic heterocycles. The van der Waals surface area contributed by atoms with Crippen molar-refractivity contribution in [2.45, 2.75) is 56.2 Å². The Kier molecular flexibility index (Phi) is 6.52. The van der Waals surface area contributed by atoms with E-state index in [0.29, 0.717) is 24.6 Å². The third kappa shape index (κ3) is 5.45. The summed E-state index contributed by atoms with van der Waals surface area (Å²) in [5.41, 5.74) is 3.36. The van der Waals surface area contributed by atoms with Crippen molar-refractivity contribution in [2.24, 2.45) is 0 Å². The number of carbonyl (C=O) groups excluding carboxylic acids is 1. The standard InChI is InChI=1S/C22H25N3O2S/c1-14(2)22-24-21(27-25-22)12-11-20(26)23-17-6-9-18(10-7-17)28-19-8-5-15(3)16(4)13-19/h5-10,13-14H,11-12H2,1-4H3,(H,23,26). The van der Waals surface area contributed by atoms with E-state index in [1.807, 2.05) is 38.1 Å². The summed E-state index contributed by atoms with van der Waals surface area (Å²) in [7, 11) is 0. The predicted molar refractivity (Wildman–Crippen MR) is 112 cm³/mol. The van der Waals surface area contributed by atoms with Crippen LogP contribution in [-0.2, 0) is 11.2 Å². The molecule has 2 aromatic carbocycles. The maximum absolute atomic E-state index is 12.2. The van der Waals surface area contributed by atoms with Crippen LogP contribution in [0.25, 0.3) is 0 Å². The smallest absolute Gasteiger partial charge is 0.227 e. The van der Waals surface area contributed by atoms with E-state index >= 15 is 0 Å². The molecule has 0 saturated carbocycles. The summed E-state index contributed by atoms with van der Waals surface area (Å²) in [5, 5.41) is 6.82. The molecule has 3 aromatic rings. The van der Waals surface area contributed by atoms with Crippen molar-refractivity contribution in [3.8, 4) is 0 Å². The van der Waals surface area contributed by atoms with Gasteiger partial charge in [0.15, 0.2) is 5.82 Å². The zero-order valence-corrected chi connectivity index (χ0v) is 17.5. The van der Waals surface area contributed by atoms with Gasteiger partial charge in [-0.25, -0.2) is 0 Å². The summed E-state index contributed by atoms with van der Waals surface area (Å²) < 4.78 is 5.17. The fourth-order valence-corrected chi connectivity index (χ4v) is 3.48. The van der Waals surface area contributed by atoms with Crippen molar-refractivity contribution < 1.29 is 9.32 Å². The molecule has 0 unspecified atom stereocenters. The van der Waals surface area contributed by atoms with Crippen molar-refractivity contribution in [2.75, 3.05) is 5.32 Å². The molecule has 0 aliphatic rings. The Morgan fingerprint density at radius 3 is 2.43 bits per heavy atom. The topological polar surface area (TPSA) is 68.0 Å². The van der Waals surface area contributed by atoms with Crippen molar-refractivity contribution in [1.82, 2.24) is 10.1 Å². The Labute approximate surface area is 169 Å². The molecule has 0 atom stereocenters. The molecule has 0 spiro atoms. The Morgan fingerprint density at radius 2 is 1.79 bits per heavy atom. The molecule has 0 radical (unpaired) electrons. The largest absolute Gasteiger partial charge is 0.339 e. The average Bonchev–Trinajstić information content (AvgIpc) is 3.14. The second-order valence-corrected chi connectivity index (χ2v) is 8.27. The van der Waals surface area contributed by atoms with E-state index in [1.54, 1.807) is 11.8 Å². The molecular weight excluding hydrogens is 370 g/mol. The van der Waals surface area contributed by atoms with Gasteiger partial charge in [0.05, 0.1) is 0 Å². The Bertz CT molecular complexity index is 949. The molecule has 1 heterocycles. The molecular formula is C22H25N3O2S. The molecule has 146 valence electrons. The lowest BCUT2D eigenvalue weighted by Crippen LogP contribution is -2.12. The first kappa shape index (κ1) is 20.1. The summed E-state index contributed by atoms with van der Waals surface area (Å²) >= 11 is 1.71. The van der Waals surface area contributed by atoms with Gasteiger partial charge in [0.1, 0.15) is 0 Å². The molecule has 3 rings (SSSR count). The van der Waals surface area contributed by atoms with Gasteiger partial charge in [-0.1, -0.05) is 36.8 Å². The first-order chi connectivity index (χ1) is 13.4. The lowest BCUT2D eigenvalue weighted by molar-refractivity contribution is -0.116. The maximum Gasteiger partial charge on any atom is 0.227 e. The fourth-order valence-electron chi connectivity index (χ4n) is 2.57. The molecule has 0 bridgehead atoms. The minimum atomic E-state index is -0.0705. The molecule has 0 fully saturated rings. The Morgan fingerprint density at radius 1 is 1.07 bits per heavy atom. The Hall–Kier alpha value is -2.60. The van der Waals surface area contributed by atoms with Gasteiger partial charge in [0, 0.05) is 34.2 Å². The molecule has 1 N–H and O–H groups in total. The number of hydrogen-bond acceptors (Lipinski definition) is 5. The van der Waals surface area contributed by atoms with Crippen molar-refractivity contribution in [1.29, 1.82) is 0 Å². The van der Waals surface area contributed by atoms with Crippen LogP contribution < -0.4 is 5.32 Å². The van der Waals surface area contributed by atoms with Crippen molar-refractivity contribution >= 4 is 23.4 Å². The summed E-state index contributed by atoms with van der Waals surface area (Å²) in [5.74, 6) is 1.32. The number of anilines is 1. The number of nitrogens with zero attached hydrogens (tertiary/aromatic N) is 2. The highest BCUT2D eigenvalue weighted by molar-refractivity contribution is 7.99. The van der Waals surface area contributed by atoms with Crippen LogP contribution in [0.3, 0.4) is 0 Å². The maximum atomic E-state index is 12.2. The molecule has 6 heteroatoms. The van der Waals surface area contributed by atoms with Gasteiger partial charge in [0.25, 0.3) is 0 Å². The minimum Gasteiger partial charge on any atom is -0.339 e. The number of hydrogen-bond donors (Lipinski definition) is 1. The van der Waals surface area contributed by atoms with Gasteiger partial charge < -0.3 is 9.84 Å². The molecule has 28 heavy (non-hydrogen) atoms. The number of rotatable bonds is 7. The minimum absolute atomic E-state index is 0.0705. The number of amides is 1. The van der Waals surface area contributed by atoms with Crippen LogP contribution >= 0.6 is 11.8 Å². The SMILES string of the molecule is Cc1ccc(Sc2ccc(NC(=O)CCc3nc(C(C)C)no3)cc2)cc1C. The summed E-state index contributed by atoms with van der Waals surface area (Å²) in [6, 6.07) is 14.3. The quantitative estimate of drug-likeness (QED) is 0.569. The second-order valence-electron chi connectivity index (χ2n) is 7.12. The van der Waals surface area contributed by atoms with Crippen LogP contribution in [0.5, 0.6) is 0 Å². The van der Waals surface area contributed by atoms with Crippen LogP contribution in [0.15, 0.2) is 56.8 Å². The van der Waals surface area contributed by atoms with Gasteiger partial charge >= 0.3 is 0 Å². The van der Waals surface area contributed by atoms with E-state index in [1.165, 1.54) is 16.0 Å². The van der Waals surface area contributed by atoms with Gasteiger partial charge in [-0.2, -0.15) is 4.98 Å². The third-order valence-electron chi connectivity index (χ3n) is 4.42. The van der Waals surface area contributed by atoms with Crippen LogP contribution in [0.1, 0.15) is 49.0 Å². The van der Waals surface area contributed by atoms with Gasteiger partial charge in [-0.15, -0.1) is 0 Å². The number of aryl methyl sites for hydroxylation is 3. The van der Waals surface area contributed by atoms with Gasteiger partial charge in [-0.3, -0.25) is 4.79 Å². The lowest BCUT2D eigenvalue weighted by atomic mass is 10.1. The van der Waals surface area contributed by atoms with Gasteiger partial charge in [-0.05, 0) is 61.4 Å². The van der Waals surface area contributed by atoms with Crippen molar-refractivity contribution in [3.05, 3.63) is 65.3 Å². The first-order valence-corrected chi connectivity index (χ1v) is 10.2. The molecule has 0 aliphatic carbocycles. The summed E-state index contributed by atoms with van der Waals surface area (Å²) in [4.78, 5) is 18.8. The number of benzene rings is 2. The van der Waals surface area contributed by atoms with E-state index in [4.69, 9.17) is 4.52 Å². The van der Waals surface area contributed by atoms with E-state index in [2.05, 4.69) is 47.5 Å². The van der Waals surface area contributed by atoms with E-state index in [-0.39, 0.29) is 11.8 Å². The Balaban J connectivity index is 1.51. The zero-order valence-electron chi connectivity index (χ0n) is 16.7. The molecule has 5 nitrogen and oxygen atoms in total. The molecule has 0 saturated heterocycles. The highest BCUT2D eigenvalue weighted by atomic mass is 32.2. The van der Waals surface area contributed by atoms with Crippen molar-refractivity contribution in [3.63, 3.8) is 0 Å². The summed E-state index contributed by atoms with van der Waals surface area (Å²) in [6.45, 7) is 8.24. The van der Waals surface area contributed by atoms with E-state index in [9.17, 15) is 4.79 Å². The van der Waals surface area contributed by atoms with Crippen LogP contribution in [0.2, 0.25) is 0 Å². The van der Waals surface area contributed by atoms with Crippen LogP contribution in [0, 0.1) is 13.8 Å². The normalized spacial score (nSPS) is 11.0. The number of carbonyl (C=O) groups is 1. The average molecular weight is 396 g/mol. The summed E-state index contributed by atoms with van der Waals surface area (Å²) in [6.07, 6.45) is 0.741. The predicted octanol–water partition coefficient (Wildman–Crippen LogP) is 5.53. The van der Waals surface area contributed by atoms with Crippen LogP contribution in [-0.4, -0.2) is 16.0 Å². The number of aromatic nitrogens is 2. The highest BCUT2D eigenvalue weighted by Gasteiger charge is 2.11. The molecule has 1 amide bonds. The van der Waals surface area contributed by atoms with E-state index < -0.39 is 0 Å². The third-order valence-corrected chi connectivity index (χ3v) is 5.42. The fraction of sp³-hybridized carbons (Fsp3) is 0.318. The molecule has 0 aliphatic heterocycles. The zero-order chi connectivity index (χ0) is 20.1. The second kappa shape index (κ2) is 9.06. The van der Waals surface area contributed by atoms with Gasteiger partial charge in [0.2, 0.25) is 11.8 Å². The highest BCUT2D eigenvalue weighted by Crippen LogP contribution is 2.29. The monoisotopic (exact) mass is 395 g/mol. The first-order valence-electron chi connectivity index (χ1n) is 9.38. The lowest BCUT2D eigenvalue weighted by Gasteiger charge is -2.07. The number of nitrogens with one attached hydrogen (secondary N) is 1. The van der Waals surface area contributed by atoms with E-state index in [0.717, 1.165) is 10.6 Å².